The lowest BCUT2D eigenvalue weighted by Crippen LogP contribution is -2.32. The highest BCUT2D eigenvalue weighted by atomic mass is 16.1. The smallest absolute Gasteiger partial charge is 0.220 e. The van der Waals surface area contributed by atoms with E-state index < -0.39 is 0 Å². The summed E-state index contributed by atoms with van der Waals surface area (Å²) in [5, 5.41) is 6.42. The number of carbonyl (C=O) groups is 1. The van der Waals surface area contributed by atoms with Crippen molar-refractivity contribution in [2.75, 3.05) is 13.1 Å². The lowest BCUT2D eigenvalue weighted by molar-refractivity contribution is -0.122. The van der Waals surface area contributed by atoms with Crippen LogP contribution in [0.2, 0.25) is 0 Å². The minimum atomic E-state index is 0.191. The number of carbonyl (C=O) groups excluding carboxylic acids is 1. The van der Waals surface area contributed by atoms with Crippen LogP contribution in [0.1, 0.15) is 41.5 Å². The molecule has 1 fully saturated rings. The SMILES string of the molecule is Cc1cc(C)c(CNC(=O)CC2CCNCC2)c(C)c1. The zero-order valence-electron chi connectivity index (χ0n) is 12.9. The molecular weight excluding hydrogens is 248 g/mol. The Morgan fingerprint density at radius 3 is 2.40 bits per heavy atom. The van der Waals surface area contributed by atoms with Crippen LogP contribution >= 0.6 is 0 Å². The minimum Gasteiger partial charge on any atom is -0.352 e. The van der Waals surface area contributed by atoms with Crippen LogP contribution in [0.3, 0.4) is 0 Å². The highest BCUT2D eigenvalue weighted by molar-refractivity contribution is 5.76. The topological polar surface area (TPSA) is 41.1 Å². The van der Waals surface area contributed by atoms with E-state index in [2.05, 4.69) is 43.5 Å². The molecule has 1 amide bonds. The molecule has 0 saturated carbocycles. The molecule has 3 heteroatoms. The summed E-state index contributed by atoms with van der Waals surface area (Å²) in [6.45, 7) is 9.10. The van der Waals surface area contributed by atoms with Crippen LogP contribution in [0.15, 0.2) is 12.1 Å². The Kier molecular flexibility index (Phi) is 5.18. The van der Waals surface area contributed by atoms with Crippen molar-refractivity contribution in [3.8, 4) is 0 Å². The summed E-state index contributed by atoms with van der Waals surface area (Å²) in [6.07, 6.45) is 2.91. The van der Waals surface area contributed by atoms with Gasteiger partial charge in [-0.2, -0.15) is 0 Å². The van der Waals surface area contributed by atoms with Crippen molar-refractivity contribution in [1.82, 2.24) is 10.6 Å². The average Bonchev–Trinajstić information content (AvgIpc) is 2.38. The molecule has 0 radical (unpaired) electrons. The number of amides is 1. The molecule has 0 aromatic heterocycles. The fraction of sp³-hybridized carbons (Fsp3) is 0.588. The molecule has 1 aromatic rings. The first-order valence-electron chi connectivity index (χ1n) is 7.60. The van der Waals surface area contributed by atoms with Crippen molar-refractivity contribution in [1.29, 1.82) is 0 Å². The average molecular weight is 274 g/mol. The first kappa shape index (κ1) is 15.0. The van der Waals surface area contributed by atoms with E-state index in [9.17, 15) is 4.79 Å². The second kappa shape index (κ2) is 6.89. The summed E-state index contributed by atoms with van der Waals surface area (Å²) in [4.78, 5) is 12.0. The summed E-state index contributed by atoms with van der Waals surface area (Å²) in [5.41, 5.74) is 5.08. The van der Waals surface area contributed by atoms with E-state index in [1.165, 1.54) is 22.3 Å². The molecule has 1 heterocycles. The first-order chi connectivity index (χ1) is 9.56. The van der Waals surface area contributed by atoms with Crippen molar-refractivity contribution in [2.24, 2.45) is 5.92 Å². The van der Waals surface area contributed by atoms with Crippen LogP contribution in [0, 0.1) is 26.7 Å². The molecule has 0 unspecified atom stereocenters. The molecule has 2 rings (SSSR count). The number of rotatable bonds is 4. The first-order valence-corrected chi connectivity index (χ1v) is 7.60. The number of nitrogens with one attached hydrogen (secondary N) is 2. The van der Waals surface area contributed by atoms with Crippen LogP contribution in [0.25, 0.3) is 0 Å². The third-order valence-electron chi connectivity index (χ3n) is 4.24. The van der Waals surface area contributed by atoms with Crippen LogP contribution in [-0.2, 0) is 11.3 Å². The van der Waals surface area contributed by atoms with Crippen LogP contribution in [0.4, 0.5) is 0 Å². The Morgan fingerprint density at radius 2 is 1.80 bits per heavy atom. The molecule has 1 aliphatic heterocycles. The van der Waals surface area contributed by atoms with E-state index in [4.69, 9.17) is 0 Å². The summed E-state index contributed by atoms with van der Waals surface area (Å²) >= 11 is 0. The van der Waals surface area contributed by atoms with E-state index in [1.54, 1.807) is 0 Å². The maximum Gasteiger partial charge on any atom is 0.220 e. The van der Waals surface area contributed by atoms with Gasteiger partial charge in [0.15, 0.2) is 0 Å². The fourth-order valence-corrected chi connectivity index (χ4v) is 3.10. The van der Waals surface area contributed by atoms with E-state index in [1.807, 2.05) is 0 Å². The maximum atomic E-state index is 12.0. The van der Waals surface area contributed by atoms with Gasteiger partial charge in [0, 0.05) is 13.0 Å². The Balaban J connectivity index is 1.87. The molecule has 110 valence electrons. The Bertz CT molecular complexity index is 453. The molecule has 0 atom stereocenters. The third kappa shape index (κ3) is 4.07. The van der Waals surface area contributed by atoms with Gasteiger partial charge in [0.2, 0.25) is 5.91 Å². The Morgan fingerprint density at radius 1 is 1.20 bits per heavy atom. The zero-order chi connectivity index (χ0) is 14.5. The van der Waals surface area contributed by atoms with Gasteiger partial charge in [-0.1, -0.05) is 17.7 Å². The number of hydrogen-bond donors (Lipinski definition) is 2. The van der Waals surface area contributed by atoms with Crippen molar-refractivity contribution in [3.63, 3.8) is 0 Å². The molecule has 1 saturated heterocycles. The van der Waals surface area contributed by atoms with Crippen LogP contribution < -0.4 is 10.6 Å². The third-order valence-corrected chi connectivity index (χ3v) is 4.24. The van der Waals surface area contributed by atoms with E-state index in [-0.39, 0.29) is 5.91 Å². The van der Waals surface area contributed by atoms with Gasteiger partial charge in [-0.15, -0.1) is 0 Å². The van der Waals surface area contributed by atoms with Crippen LogP contribution in [-0.4, -0.2) is 19.0 Å². The molecule has 0 bridgehead atoms. The molecule has 0 spiro atoms. The molecule has 2 N–H and O–H groups in total. The lowest BCUT2D eigenvalue weighted by Gasteiger charge is -2.22. The van der Waals surface area contributed by atoms with Crippen molar-refractivity contribution in [3.05, 3.63) is 34.4 Å². The van der Waals surface area contributed by atoms with Gasteiger partial charge in [-0.25, -0.2) is 0 Å². The summed E-state index contributed by atoms with van der Waals surface area (Å²) in [7, 11) is 0. The number of piperidine rings is 1. The van der Waals surface area contributed by atoms with Crippen molar-refractivity contribution < 1.29 is 4.79 Å². The van der Waals surface area contributed by atoms with E-state index in [0.717, 1.165) is 25.9 Å². The van der Waals surface area contributed by atoms with Gasteiger partial charge in [0.25, 0.3) is 0 Å². The normalized spacial score (nSPS) is 16.1. The van der Waals surface area contributed by atoms with Crippen molar-refractivity contribution in [2.45, 2.75) is 46.6 Å². The largest absolute Gasteiger partial charge is 0.352 e. The highest BCUT2D eigenvalue weighted by Gasteiger charge is 2.16. The predicted octanol–water partition coefficient (Wildman–Crippen LogP) is 2.62. The van der Waals surface area contributed by atoms with Gasteiger partial charge in [0.1, 0.15) is 0 Å². The van der Waals surface area contributed by atoms with Gasteiger partial charge < -0.3 is 10.6 Å². The van der Waals surface area contributed by atoms with Gasteiger partial charge in [0.05, 0.1) is 0 Å². The summed E-state index contributed by atoms with van der Waals surface area (Å²) in [5.74, 6) is 0.743. The molecule has 20 heavy (non-hydrogen) atoms. The monoisotopic (exact) mass is 274 g/mol. The predicted molar refractivity (Wildman–Crippen MR) is 82.7 cm³/mol. The van der Waals surface area contributed by atoms with E-state index >= 15 is 0 Å². The Labute approximate surface area is 122 Å². The quantitative estimate of drug-likeness (QED) is 0.886. The number of hydrogen-bond acceptors (Lipinski definition) is 2. The molecular formula is C17H26N2O. The highest BCUT2D eigenvalue weighted by Crippen LogP contribution is 2.18. The number of benzene rings is 1. The molecule has 1 aliphatic rings. The summed E-state index contributed by atoms with van der Waals surface area (Å²) < 4.78 is 0. The zero-order valence-corrected chi connectivity index (χ0v) is 12.9. The molecule has 1 aromatic carbocycles. The second-order valence-corrected chi connectivity index (χ2v) is 6.05. The van der Waals surface area contributed by atoms with Gasteiger partial charge in [-0.3, -0.25) is 4.79 Å². The second-order valence-electron chi connectivity index (χ2n) is 6.05. The standard InChI is InChI=1S/C17H26N2O/c1-12-8-13(2)16(14(3)9-12)11-19-17(20)10-15-4-6-18-7-5-15/h8-9,15,18H,4-7,10-11H2,1-3H3,(H,19,20). The molecule has 0 aliphatic carbocycles. The fourth-order valence-electron chi connectivity index (χ4n) is 3.10. The van der Waals surface area contributed by atoms with Crippen LogP contribution in [0.5, 0.6) is 0 Å². The maximum absolute atomic E-state index is 12.0. The van der Waals surface area contributed by atoms with Gasteiger partial charge in [-0.05, 0) is 69.3 Å². The Hall–Kier alpha value is -1.35. The number of aryl methyl sites for hydroxylation is 3. The molecule has 3 nitrogen and oxygen atoms in total. The van der Waals surface area contributed by atoms with E-state index in [0.29, 0.717) is 18.9 Å². The summed E-state index contributed by atoms with van der Waals surface area (Å²) in [6, 6.07) is 4.36. The van der Waals surface area contributed by atoms with Crippen molar-refractivity contribution >= 4 is 5.91 Å². The minimum absolute atomic E-state index is 0.191. The lowest BCUT2D eigenvalue weighted by atomic mass is 9.94. The van der Waals surface area contributed by atoms with Gasteiger partial charge >= 0.3 is 0 Å².